The summed E-state index contributed by atoms with van der Waals surface area (Å²) in [6.45, 7) is 0.728. The summed E-state index contributed by atoms with van der Waals surface area (Å²) in [5.41, 5.74) is 0.680. The van der Waals surface area contributed by atoms with Crippen molar-refractivity contribution in [2.75, 3.05) is 6.61 Å². The molecule has 0 saturated heterocycles. The highest BCUT2D eigenvalue weighted by atomic mass is 79.9. The van der Waals surface area contributed by atoms with Gasteiger partial charge in [-0.05, 0) is 42.7 Å². The fourth-order valence-electron chi connectivity index (χ4n) is 2.18. The lowest BCUT2D eigenvalue weighted by atomic mass is 10.2. The standard InChI is InChI=1S/C18H18BrNO3/c19-15-6-8-16(9-7-15)23-13-18(10-11-18)20-17(21)22-12-14-4-2-1-3-5-14/h1-9H,10-13H2,(H,20,21). The normalized spacial score (nSPS) is 14.8. The van der Waals surface area contributed by atoms with Gasteiger partial charge in [0.25, 0.3) is 0 Å². The highest BCUT2D eigenvalue weighted by Gasteiger charge is 2.45. The first-order valence-electron chi connectivity index (χ1n) is 7.52. The second-order valence-corrected chi connectivity index (χ2v) is 6.63. The smallest absolute Gasteiger partial charge is 0.408 e. The van der Waals surface area contributed by atoms with Gasteiger partial charge in [0.05, 0.1) is 5.54 Å². The fraction of sp³-hybridized carbons (Fsp3) is 0.278. The zero-order valence-electron chi connectivity index (χ0n) is 12.6. The molecule has 1 saturated carbocycles. The highest BCUT2D eigenvalue weighted by molar-refractivity contribution is 9.10. The first-order chi connectivity index (χ1) is 11.2. The maximum Gasteiger partial charge on any atom is 0.408 e. The van der Waals surface area contributed by atoms with Gasteiger partial charge in [0.1, 0.15) is 19.0 Å². The van der Waals surface area contributed by atoms with E-state index in [1.54, 1.807) is 0 Å². The van der Waals surface area contributed by atoms with Crippen molar-refractivity contribution in [3.63, 3.8) is 0 Å². The van der Waals surface area contributed by atoms with E-state index in [1.165, 1.54) is 0 Å². The average Bonchev–Trinajstić information content (AvgIpc) is 3.33. The highest BCUT2D eigenvalue weighted by Crippen LogP contribution is 2.36. The number of rotatable bonds is 6. The van der Waals surface area contributed by atoms with Crippen LogP contribution in [0.4, 0.5) is 4.79 Å². The molecular weight excluding hydrogens is 358 g/mol. The average molecular weight is 376 g/mol. The van der Waals surface area contributed by atoms with Gasteiger partial charge >= 0.3 is 6.09 Å². The minimum atomic E-state index is -0.397. The van der Waals surface area contributed by atoms with Crippen molar-refractivity contribution in [1.82, 2.24) is 5.32 Å². The summed E-state index contributed by atoms with van der Waals surface area (Å²) < 4.78 is 12.0. The zero-order chi connectivity index (χ0) is 16.1. The van der Waals surface area contributed by atoms with Gasteiger partial charge in [0.2, 0.25) is 0 Å². The molecule has 120 valence electrons. The van der Waals surface area contributed by atoms with Crippen LogP contribution in [0.2, 0.25) is 0 Å². The molecule has 0 aliphatic heterocycles. The van der Waals surface area contributed by atoms with Gasteiger partial charge in [-0.15, -0.1) is 0 Å². The summed E-state index contributed by atoms with van der Waals surface area (Å²) in [6, 6.07) is 17.3. The van der Waals surface area contributed by atoms with E-state index < -0.39 is 6.09 Å². The summed E-state index contributed by atoms with van der Waals surface area (Å²) in [5, 5.41) is 2.92. The van der Waals surface area contributed by atoms with E-state index in [1.807, 2.05) is 54.6 Å². The minimum Gasteiger partial charge on any atom is -0.491 e. The monoisotopic (exact) mass is 375 g/mol. The van der Waals surface area contributed by atoms with Gasteiger partial charge in [-0.3, -0.25) is 0 Å². The number of hydrogen-bond acceptors (Lipinski definition) is 3. The SMILES string of the molecule is O=C(NC1(COc2ccc(Br)cc2)CC1)OCc1ccccc1. The zero-order valence-corrected chi connectivity index (χ0v) is 14.2. The van der Waals surface area contributed by atoms with Gasteiger partial charge in [-0.2, -0.15) is 0 Å². The Morgan fingerprint density at radius 2 is 1.78 bits per heavy atom. The Bertz CT molecular complexity index is 654. The minimum absolute atomic E-state index is 0.274. The Kier molecular flexibility index (Phi) is 4.86. The molecule has 0 atom stereocenters. The van der Waals surface area contributed by atoms with E-state index in [0.717, 1.165) is 28.6 Å². The first kappa shape index (κ1) is 15.9. The predicted molar refractivity (Wildman–Crippen MR) is 91.4 cm³/mol. The lowest BCUT2D eigenvalue weighted by molar-refractivity contribution is 0.128. The van der Waals surface area contributed by atoms with Crippen molar-refractivity contribution >= 4 is 22.0 Å². The van der Waals surface area contributed by atoms with Crippen LogP contribution < -0.4 is 10.1 Å². The van der Waals surface area contributed by atoms with Crippen LogP contribution in [0.5, 0.6) is 5.75 Å². The first-order valence-corrected chi connectivity index (χ1v) is 8.32. The summed E-state index contributed by atoms with van der Waals surface area (Å²) in [6.07, 6.45) is 1.42. The Morgan fingerprint density at radius 1 is 1.09 bits per heavy atom. The van der Waals surface area contributed by atoms with E-state index in [4.69, 9.17) is 9.47 Å². The van der Waals surface area contributed by atoms with E-state index in [2.05, 4.69) is 21.2 Å². The summed E-state index contributed by atoms with van der Waals surface area (Å²) in [7, 11) is 0. The molecule has 2 aromatic rings. The molecule has 2 aromatic carbocycles. The summed E-state index contributed by atoms with van der Waals surface area (Å²) in [5.74, 6) is 0.791. The number of hydrogen-bond donors (Lipinski definition) is 1. The maximum atomic E-state index is 11.9. The van der Waals surface area contributed by atoms with Crippen molar-refractivity contribution in [2.24, 2.45) is 0 Å². The largest absolute Gasteiger partial charge is 0.491 e. The number of ether oxygens (including phenoxy) is 2. The molecule has 5 heteroatoms. The van der Waals surface area contributed by atoms with Crippen LogP contribution in [-0.2, 0) is 11.3 Å². The molecule has 1 fully saturated rings. The molecule has 1 amide bonds. The Hall–Kier alpha value is -2.01. The summed E-state index contributed by atoms with van der Waals surface area (Å²) in [4.78, 5) is 11.9. The van der Waals surface area contributed by atoms with Gasteiger partial charge in [-0.1, -0.05) is 46.3 Å². The van der Waals surface area contributed by atoms with Crippen LogP contribution >= 0.6 is 15.9 Å². The second-order valence-electron chi connectivity index (χ2n) is 5.71. The fourth-order valence-corrected chi connectivity index (χ4v) is 2.45. The molecule has 4 nitrogen and oxygen atoms in total. The Balaban J connectivity index is 1.45. The molecule has 23 heavy (non-hydrogen) atoms. The van der Waals surface area contributed by atoms with Crippen molar-refractivity contribution < 1.29 is 14.3 Å². The van der Waals surface area contributed by atoms with Crippen LogP contribution in [0, 0.1) is 0 Å². The topological polar surface area (TPSA) is 47.6 Å². The number of nitrogens with one attached hydrogen (secondary N) is 1. The van der Waals surface area contributed by atoms with E-state index in [9.17, 15) is 4.79 Å². The molecule has 0 unspecified atom stereocenters. The van der Waals surface area contributed by atoms with Crippen molar-refractivity contribution in [2.45, 2.75) is 25.0 Å². The van der Waals surface area contributed by atoms with Crippen LogP contribution in [-0.4, -0.2) is 18.2 Å². The second kappa shape index (κ2) is 7.04. The third kappa shape index (κ3) is 4.73. The van der Waals surface area contributed by atoms with Crippen LogP contribution in [0.1, 0.15) is 18.4 Å². The molecule has 3 rings (SSSR count). The molecule has 1 aliphatic carbocycles. The van der Waals surface area contributed by atoms with Crippen LogP contribution in [0.15, 0.2) is 59.1 Å². The quantitative estimate of drug-likeness (QED) is 0.819. The maximum absolute atomic E-state index is 11.9. The predicted octanol–water partition coefficient (Wildman–Crippen LogP) is 4.29. The molecular formula is C18H18BrNO3. The Morgan fingerprint density at radius 3 is 2.43 bits per heavy atom. The van der Waals surface area contributed by atoms with Gasteiger partial charge in [0, 0.05) is 4.47 Å². The lowest BCUT2D eigenvalue weighted by Gasteiger charge is -2.18. The number of alkyl carbamates (subject to hydrolysis) is 1. The van der Waals surface area contributed by atoms with E-state index in [-0.39, 0.29) is 12.1 Å². The van der Waals surface area contributed by atoms with E-state index in [0.29, 0.717) is 6.61 Å². The Labute approximate surface area is 143 Å². The van der Waals surface area contributed by atoms with Crippen molar-refractivity contribution in [3.05, 3.63) is 64.6 Å². The van der Waals surface area contributed by atoms with Crippen molar-refractivity contribution in [3.8, 4) is 5.75 Å². The van der Waals surface area contributed by atoms with Crippen LogP contribution in [0.3, 0.4) is 0 Å². The molecule has 0 bridgehead atoms. The number of carbonyl (C=O) groups is 1. The van der Waals surface area contributed by atoms with Gasteiger partial charge in [-0.25, -0.2) is 4.79 Å². The molecule has 0 radical (unpaired) electrons. The van der Waals surface area contributed by atoms with E-state index >= 15 is 0 Å². The number of halogens is 1. The van der Waals surface area contributed by atoms with Gasteiger partial charge < -0.3 is 14.8 Å². The third-order valence-electron chi connectivity index (χ3n) is 3.76. The molecule has 0 aromatic heterocycles. The third-order valence-corrected chi connectivity index (χ3v) is 4.29. The van der Waals surface area contributed by atoms with Gasteiger partial charge in [0.15, 0.2) is 0 Å². The molecule has 0 spiro atoms. The van der Waals surface area contributed by atoms with Crippen molar-refractivity contribution in [1.29, 1.82) is 0 Å². The van der Waals surface area contributed by atoms with Crippen LogP contribution in [0.25, 0.3) is 0 Å². The number of carbonyl (C=O) groups excluding carboxylic acids is 1. The molecule has 1 aliphatic rings. The molecule has 1 N–H and O–H groups in total. The number of benzene rings is 2. The summed E-state index contributed by atoms with van der Waals surface area (Å²) >= 11 is 3.39. The molecule has 0 heterocycles. The lowest BCUT2D eigenvalue weighted by Crippen LogP contribution is -2.41. The number of amides is 1.